The Morgan fingerprint density at radius 2 is 0.984 bits per heavy atom. The van der Waals surface area contributed by atoms with E-state index < -0.39 is 47.3 Å². The molecule has 4 unspecified atom stereocenters. The molecule has 0 spiro atoms. The smallest absolute Gasteiger partial charge is 0.258 e. The number of nitrogens with one attached hydrogen (secondary N) is 4. The number of carbonyl (C=O) groups excluding carboxylic acids is 6. The minimum absolute atomic E-state index is 0.0244. The molecule has 64 heavy (non-hydrogen) atoms. The molecule has 330 valence electrons. The van der Waals surface area contributed by atoms with Crippen LogP contribution in [-0.4, -0.2) is 47.3 Å². The van der Waals surface area contributed by atoms with Gasteiger partial charge in [-0.3, -0.25) is 28.8 Å². The van der Waals surface area contributed by atoms with Crippen LogP contribution in [0.2, 0.25) is 10.0 Å². The van der Waals surface area contributed by atoms with Crippen LogP contribution < -0.4 is 21.3 Å². The zero-order valence-electron chi connectivity index (χ0n) is 34.5. The minimum atomic E-state index is -1.63. The van der Waals surface area contributed by atoms with E-state index in [0.29, 0.717) is 28.1 Å². The average Bonchev–Trinajstić information content (AvgIpc) is 3.25. The van der Waals surface area contributed by atoms with Gasteiger partial charge in [0.05, 0.1) is 31.9 Å². The van der Waals surface area contributed by atoms with E-state index in [-0.39, 0.29) is 60.6 Å². The SMILES string of the molecule is CC(=O)C(N=Nc1cccc(C(=O)Nc2ccccc2C(C)Cl)c1Cl)C(=O)Nc1ccc(NC(=O)C(N=Nc2cccc(C(=O)Nc3ccccc3C(C)Cl)c2Cl)C(C)=O)c(CCl)c1. The van der Waals surface area contributed by atoms with Gasteiger partial charge in [0.1, 0.15) is 11.4 Å². The predicted octanol–water partition coefficient (Wildman–Crippen LogP) is 12.2. The van der Waals surface area contributed by atoms with Gasteiger partial charge in [0, 0.05) is 28.6 Å². The Hall–Kier alpha value is -6.03. The van der Waals surface area contributed by atoms with Crippen LogP contribution in [0.25, 0.3) is 0 Å². The number of rotatable bonds is 17. The van der Waals surface area contributed by atoms with Gasteiger partial charge in [0.15, 0.2) is 11.6 Å². The standard InChI is InChI=1S/C45H39Cl5N8O6/c1-23(47)29-11-5-7-15-34(29)53-42(61)31-13-9-17-36(38(31)49)55-57-40(25(3)59)44(63)51-28-19-20-33(27(21-28)22-46)52-45(64)41(26(4)60)58-56-37-18-10-14-32(39(37)50)43(62)54-35-16-8-6-12-30(35)24(2)48/h5-21,23-24,40-41H,22H2,1-4H3,(H,51,63)(H,52,64)(H,53,61)(H,54,62). The summed E-state index contributed by atoms with van der Waals surface area (Å²) in [6.45, 7) is 5.85. The molecule has 5 aromatic rings. The van der Waals surface area contributed by atoms with Gasteiger partial charge in [-0.05, 0) is 99.0 Å². The maximum atomic E-state index is 13.4. The number of Topliss-reactive ketones (excluding diaryl/α,β-unsaturated/α-hetero) is 2. The van der Waals surface area contributed by atoms with Crippen LogP contribution >= 0.6 is 58.0 Å². The lowest BCUT2D eigenvalue weighted by Gasteiger charge is -2.15. The van der Waals surface area contributed by atoms with Gasteiger partial charge in [0.2, 0.25) is 12.1 Å². The lowest BCUT2D eigenvalue weighted by atomic mass is 10.1. The van der Waals surface area contributed by atoms with Crippen molar-refractivity contribution in [3.63, 3.8) is 0 Å². The summed E-state index contributed by atoms with van der Waals surface area (Å²) in [5.74, 6) is -4.25. The number of hydrogen-bond acceptors (Lipinski definition) is 10. The molecule has 0 heterocycles. The molecule has 0 saturated heterocycles. The van der Waals surface area contributed by atoms with Crippen LogP contribution in [0, 0.1) is 0 Å². The van der Waals surface area contributed by atoms with Gasteiger partial charge in [-0.2, -0.15) is 20.5 Å². The molecule has 0 aromatic heterocycles. The zero-order valence-corrected chi connectivity index (χ0v) is 38.2. The number of ketones is 2. The highest BCUT2D eigenvalue weighted by molar-refractivity contribution is 6.37. The monoisotopic (exact) mass is 962 g/mol. The molecule has 4 atom stereocenters. The molecule has 14 nitrogen and oxygen atoms in total. The van der Waals surface area contributed by atoms with Gasteiger partial charge >= 0.3 is 0 Å². The second-order valence-electron chi connectivity index (χ2n) is 14.0. The number of hydrogen-bond donors (Lipinski definition) is 4. The Morgan fingerprint density at radius 3 is 1.41 bits per heavy atom. The highest BCUT2D eigenvalue weighted by atomic mass is 35.5. The first kappa shape index (κ1) is 49.0. The van der Waals surface area contributed by atoms with Crippen molar-refractivity contribution in [3.05, 3.63) is 141 Å². The van der Waals surface area contributed by atoms with E-state index in [1.165, 1.54) is 54.6 Å². The van der Waals surface area contributed by atoms with Crippen molar-refractivity contribution in [1.29, 1.82) is 0 Å². The number of halogens is 5. The third-order valence-corrected chi connectivity index (χ3v) is 10.9. The van der Waals surface area contributed by atoms with Crippen molar-refractivity contribution < 1.29 is 28.8 Å². The van der Waals surface area contributed by atoms with Gasteiger partial charge in [-0.25, -0.2) is 0 Å². The van der Waals surface area contributed by atoms with E-state index in [1.54, 1.807) is 62.4 Å². The van der Waals surface area contributed by atoms with Crippen LogP contribution in [0.4, 0.5) is 34.1 Å². The van der Waals surface area contributed by atoms with Gasteiger partial charge in [-0.15, -0.1) is 34.8 Å². The lowest BCUT2D eigenvalue weighted by molar-refractivity contribution is -0.127. The number of carbonyl (C=O) groups is 6. The molecule has 5 rings (SSSR count). The van der Waals surface area contributed by atoms with Crippen molar-refractivity contribution in [2.24, 2.45) is 20.5 Å². The van der Waals surface area contributed by atoms with E-state index in [9.17, 15) is 28.8 Å². The summed E-state index contributed by atoms with van der Waals surface area (Å²) in [7, 11) is 0. The minimum Gasteiger partial charge on any atom is -0.324 e. The van der Waals surface area contributed by atoms with Gasteiger partial charge in [-0.1, -0.05) is 71.7 Å². The summed E-state index contributed by atoms with van der Waals surface area (Å²) >= 11 is 31.9. The number of benzene rings is 5. The number of alkyl halides is 3. The Kier molecular flexibility index (Phi) is 17.3. The molecule has 0 bridgehead atoms. The molecule has 5 aromatic carbocycles. The van der Waals surface area contributed by atoms with Gasteiger partial charge in [0.25, 0.3) is 23.6 Å². The number of nitrogens with zero attached hydrogens (tertiary/aromatic N) is 4. The largest absolute Gasteiger partial charge is 0.324 e. The van der Waals surface area contributed by atoms with Crippen molar-refractivity contribution in [2.45, 2.75) is 56.4 Å². The first-order valence-electron chi connectivity index (χ1n) is 19.3. The zero-order chi connectivity index (χ0) is 46.7. The van der Waals surface area contributed by atoms with E-state index >= 15 is 0 Å². The molecular formula is C45H39Cl5N8O6. The molecule has 0 aliphatic heterocycles. The molecule has 0 aliphatic carbocycles. The molecule has 0 aliphatic rings. The quantitative estimate of drug-likeness (QED) is 0.0406. The first-order chi connectivity index (χ1) is 30.5. The molecule has 0 fully saturated rings. The molecule has 19 heteroatoms. The van der Waals surface area contributed by atoms with Crippen LogP contribution in [0.1, 0.15) is 75.9 Å². The fraction of sp³-hybridized carbons (Fsp3) is 0.200. The summed E-state index contributed by atoms with van der Waals surface area (Å²) in [5, 5.41) is 25.9. The van der Waals surface area contributed by atoms with Crippen molar-refractivity contribution >= 4 is 127 Å². The molecular weight excluding hydrogens is 926 g/mol. The number of para-hydroxylation sites is 2. The highest BCUT2D eigenvalue weighted by Crippen LogP contribution is 2.34. The summed E-state index contributed by atoms with van der Waals surface area (Å²) in [6.07, 6.45) is 0. The fourth-order valence-corrected chi connectivity index (χ4v) is 7.13. The van der Waals surface area contributed by atoms with Crippen molar-refractivity contribution in [3.8, 4) is 0 Å². The van der Waals surface area contributed by atoms with E-state index in [4.69, 9.17) is 58.0 Å². The lowest BCUT2D eigenvalue weighted by Crippen LogP contribution is -2.32. The van der Waals surface area contributed by atoms with E-state index in [1.807, 2.05) is 0 Å². The highest BCUT2D eigenvalue weighted by Gasteiger charge is 2.27. The summed E-state index contributed by atoms with van der Waals surface area (Å²) in [6, 6.07) is 24.0. The van der Waals surface area contributed by atoms with Gasteiger partial charge < -0.3 is 21.3 Å². The number of anilines is 4. The van der Waals surface area contributed by atoms with E-state index in [2.05, 4.69) is 41.7 Å². The average molecular weight is 965 g/mol. The first-order valence-corrected chi connectivity index (χ1v) is 21.5. The molecule has 0 radical (unpaired) electrons. The third-order valence-electron chi connectivity index (χ3n) is 9.32. The Morgan fingerprint density at radius 1 is 0.547 bits per heavy atom. The second kappa shape index (κ2) is 22.5. The topological polar surface area (TPSA) is 200 Å². The Bertz CT molecular complexity index is 2670. The van der Waals surface area contributed by atoms with Crippen molar-refractivity contribution in [2.75, 3.05) is 21.3 Å². The molecule has 0 saturated carbocycles. The summed E-state index contributed by atoms with van der Waals surface area (Å²) in [5.41, 5.74) is 3.27. The maximum Gasteiger partial charge on any atom is 0.258 e. The Labute approximate surface area is 393 Å². The Balaban J connectivity index is 1.27. The third kappa shape index (κ3) is 12.4. The molecule has 4 amide bonds. The maximum absolute atomic E-state index is 13.4. The van der Waals surface area contributed by atoms with Crippen LogP contribution in [0.15, 0.2) is 124 Å². The van der Waals surface area contributed by atoms with Crippen LogP contribution in [-0.2, 0) is 25.1 Å². The van der Waals surface area contributed by atoms with E-state index in [0.717, 1.165) is 13.8 Å². The molecule has 4 N–H and O–H groups in total. The summed E-state index contributed by atoms with van der Waals surface area (Å²) in [4.78, 5) is 78.4. The number of azo groups is 2. The van der Waals surface area contributed by atoms with Crippen molar-refractivity contribution in [1.82, 2.24) is 0 Å². The van der Waals surface area contributed by atoms with Crippen LogP contribution in [0.3, 0.4) is 0 Å². The van der Waals surface area contributed by atoms with Crippen LogP contribution in [0.5, 0.6) is 0 Å². The fourth-order valence-electron chi connectivity index (χ4n) is 6.03. The number of amides is 4. The predicted molar refractivity (Wildman–Crippen MR) is 251 cm³/mol. The second-order valence-corrected chi connectivity index (χ2v) is 16.4. The summed E-state index contributed by atoms with van der Waals surface area (Å²) < 4.78 is 0. The normalized spacial score (nSPS) is 13.1.